The van der Waals surface area contributed by atoms with Gasteiger partial charge in [0.15, 0.2) is 5.69 Å². The molecule has 7 nitrogen and oxygen atoms in total. The van der Waals surface area contributed by atoms with Crippen LogP contribution in [-0.4, -0.2) is 21.3 Å². The predicted molar refractivity (Wildman–Crippen MR) is 89.4 cm³/mol. The zero-order valence-electron chi connectivity index (χ0n) is 12.2. The van der Waals surface area contributed by atoms with Gasteiger partial charge in [0.25, 0.3) is 5.56 Å². The number of aromatic carboxylic acids is 1. The minimum Gasteiger partial charge on any atom is -0.478 e. The second-order valence-electron chi connectivity index (χ2n) is 4.86. The van der Waals surface area contributed by atoms with E-state index in [-0.39, 0.29) is 11.3 Å². The quantitative estimate of drug-likeness (QED) is 0.619. The molecule has 3 aromatic rings. The zero-order chi connectivity index (χ0) is 17.1. The molecule has 0 bridgehead atoms. The lowest BCUT2D eigenvalue weighted by atomic mass is 10.1. The van der Waals surface area contributed by atoms with Gasteiger partial charge in [-0.3, -0.25) is 15.0 Å². The second-order valence-corrected chi connectivity index (χ2v) is 5.30. The summed E-state index contributed by atoms with van der Waals surface area (Å²) in [6, 6.07) is 12.8. The van der Waals surface area contributed by atoms with Crippen molar-refractivity contribution in [2.24, 2.45) is 10.2 Å². The molecular weight excluding hydrogens is 332 g/mol. The number of benzene rings is 2. The molecular formula is C16H11ClN4O3. The number of carbonyl (C=O) groups is 1. The third-order valence-electron chi connectivity index (χ3n) is 3.27. The highest BCUT2D eigenvalue weighted by Gasteiger charge is 2.11. The molecule has 0 unspecified atom stereocenters. The van der Waals surface area contributed by atoms with E-state index in [0.29, 0.717) is 16.4 Å². The fourth-order valence-corrected chi connectivity index (χ4v) is 2.18. The van der Waals surface area contributed by atoms with Gasteiger partial charge in [-0.15, -0.1) is 5.11 Å². The summed E-state index contributed by atoms with van der Waals surface area (Å²) in [6.07, 6.45) is 0. The van der Waals surface area contributed by atoms with Crippen LogP contribution >= 0.6 is 11.6 Å². The van der Waals surface area contributed by atoms with Crippen molar-refractivity contribution < 1.29 is 9.90 Å². The molecule has 1 heterocycles. The Morgan fingerprint density at radius 1 is 0.958 bits per heavy atom. The average Bonchev–Trinajstić information content (AvgIpc) is 2.95. The second kappa shape index (κ2) is 6.51. The number of nitrogens with one attached hydrogen (secondary N) is 2. The number of hydrogen-bond acceptors (Lipinski definition) is 4. The van der Waals surface area contributed by atoms with E-state index in [1.165, 1.54) is 24.3 Å². The molecule has 0 aliphatic heterocycles. The highest BCUT2D eigenvalue weighted by Crippen LogP contribution is 2.27. The Balaban J connectivity index is 1.92. The summed E-state index contributed by atoms with van der Waals surface area (Å²) in [7, 11) is 0. The van der Waals surface area contributed by atoms with Gasteiger partial charge in [-0.05, 0) is 36.4 Å². The van der Waals surface area contributed by atoms with Crippen LogP contribution < -0.4 is 5.56 Å². The fourth-order valence-electron chi connectivity index (χ4n) is 2.05. The van der Waals surface area contributed by atoms with E-state index in [2.05, 4.69) is 20.4 Å². The Kier molecular flexibility index (Phi) is 4.26. The van der Waals surface area contributed by atoms with Crippen LogP contribution in [0.5, 0.6) is 0 Å². The van der Waals surface area contributed by atoms with Gasteiger partial charge in [0.05, 0.1) is 16.9 Å². The van der Waals surface area contributed by atoms with Crippen molar-refractivity contribution in [3.05, 3.63) is 69.5 Å². The molecule has 3 N–H and O–H groups in total. The molecule has 0 aliphatic rings. The smallest absolute Gasteiger partial charge is 0.335 e. The summed E-state index contributed by atoms with van der Waals surface area (Å²) in [4.78, 5) is 22.7. The number of nitrogens with zero attached hydrogens (tertiary/aromatic N) is 2. The van der Waals surface area contributed by atoms with Gasteiger partial charge in [-0.25, -0.2) is 4.79 Å². The minimum absolute atomic E-state index is 0.125. The molecule has 0 radical (unpaired) electrons. The standard InChI is InChI=1S/C16H11ClN4O3/c17-11-5-1-9(2-6-11)13-14(15(22)21-19-13)20-18-12-7-3-10(4-8-12)16(23)24/h1-8H,(H,23,24)(H2,19,21,22). The summed E-state index contributed by atoms with van der Waals surface area (Å²) in [5.74, 6) is -1.02. The number of halogens is 1. The number of aromatic nitrogens is 2. The van der Waals surface area contributed by atoms with Crippen molar-refractivity contribution in [1.82, 2.24) is 10.2 Å². The molecule has 1 aromatic heterocycles. The predicted octanol–water partition coefficient (Wildman–Crippen LogP) is 4.14. The van der Waals surface area contributed by atoms with Gasteiger partial charge in [-0.2, -0.15) is 5.11 Å². The molecule has 0 fully saturated rings. The molecule has 0 aliphatic carbocycles. The minimum atomic E-state index is -1.02. The van der Waals surface area contributed by atoms with E-state index in [9.17, 15) is 9.59 Å². The first kappa shape index (κ1) is 15.7. The lowest BCUT2D eigenvalue weighted by molar-refractivity contribution is 0.0697. The maximum atomic E-state index is 11.9. The van der Waals surface area contributed by atoms with Crippen LogP contribution in [0.1, 0.15) is 10.4 Å². The van der Waals surface area contributed by atoms with Crippen molar-refractivity contribution >= 4 is 28.9 Å². The molecule has 0 saturated heterocycles. The van der Waals surface area contributed by atoms with Gasteiger partial charge >= 0.3 is 5.97 Å². The highest BCUT2D eigenvalue weighted by atomic mass is 35.5. The van der Waals surface area contributed by atoms with E-state index in [4.69, 9.17) is 16.7 Å². The van der Waals surface area contributed by atoms with Crippen LogP contribution in [0.15, 0.2) is 63.6 Å². The van der Waals surface area contributed by atoms with Crippen molar-refractivity contribution in [2.45, 2.75) is 0 Å². The Labute approximate surface area is 140 Å². The number of hydrogen-bond donors (Lipinski definition) is 3. The topological polar surface area (TPSA) is 111 Å². The summed E-state index contributed by atoms with van der Waals surface area (Å²) in [5.41, 5.74) is 1.51. The van der Waals surface area contributed by atoms with Crippen LogP contribution in [0.2, 0.25) is 5.02 Å². The summed E-state index contributed by atoms with van der Waals surface area (Å²) >= 11 is 5.86. The number of H-pyrrole nitrogens is 2. The van der Waals surface area contributed by atoms with Crippen LogP contribution in [0.25, 0.3) is 11.3 Å². The molecule has 2 aromatic carbocycles. The first-order chi connectivity index (χ1) is 11.5. The lowest BCUT2D eigenvalue weighted by Crippen LogP contribution is -1.96. The molecule has 0 saturated carbocycles. The molecule has 24 heavy (non-hydrogen) atoms. The summed E-state index contributed by atoms with van der Waals surface area (Å²) < 4.78 is 0. The number of aromatic amines is 2. The number of azo groups is 1. The first-order valence-electron chi connectivity index (χ1n) is 6.86. The maximum absolute atomic E-state index is 11.9. The van der Waals surface area contributed by atoms with E-state index >= 15 is 0 Å². The molecule has 0 spiro atoms. The van der Waals surface area contributed by atoms with Crippen LogP contribution in [-0.2, 0) is 0 Å². The largest absolute Gasteiger partial charge is 0.478 e. The summed E-state index contributed by atoms with van der Waals surface area (Å²) in [6.45, 7) is 0. The van der Waals surface area contributed by atoms with Crippen LogP contribution in [0.4, 0.5) is 11.4 Å². The maximum Gasteiger partial charge on any atom is 0.335 e. The van der Waals surface area contributed by atoms with E-state index in [0.717, 1.165) is 5.56 Å². The molecule has 120 valence electrons. The molecule has 0 amide bonds. The third-order valence-corrected chi connectivity index (χ3v) is 3.52. The number of rotatable bonds is 4. The van der Waals surface area contributed by atoms with E-state index < -0.39 is 11.5 Å². The first-order valence-corrected chi connectivity index (χ1v) is 7.24. The number of carboxylic acid groups (broad SMARTS) is 1. The van der Waals surface area contributed by atoms with E-state index in [1.54, 1.807) is 24.3 Å². The molecule has 0 atom stereocenters. The lowest BCUT2D eigenvalue weighted by Gasteiger charge is -1.99. The van der Waals surface area contributed by atoms with E-state index in [1.807, 2.05) is 0 Å². The third kappa shape index (κ3) is 3.26. The van der Waals surface area contributed by atoms with Gasteiger partial charge in [0, 0.05) is 10.6 Å². The zero-order valence-corrected chi connectivity index (χ0v) is 12.9. The Morgan fingerprint density at radius 3 is 2.25 bits per heavy atom. The van der Waals surface area contributed by atoms with Crippen molar-refractivity contribution in [2.75, 3.05) is 0 Å². The SMILES string of the molecule is O=C(O)c1ccc(N=Nc2c(-c3ccc(Cl)cc3)[nH][nH]c2=O)cc1. The van der Waals surface area contributed by atoms with Gasteiger partial charge in [0.1, 0.15) is 0 Å². The Morgan fingerprint density at radius 2 is 1.62 bits per heavy atom. The van der Waals surface area contributed by atoms with Crippen molar-refractivity contribution in [1.29, 1.82) is 0 Å². The monoisotopic (exact) mass is 342 g/mol. The van der Waals surface area contributed by atoms with Gasteiger partial charge in [0.2, 0.25) is 0 Å². The van der Waals surface area contributed by atoms with Crippen LogP contribution in [0.3, 0.4) is 0 Å². The van der Waals surface area contributed by atoms with Gasteiger partial charge < -0.3 is 5.11 Å². The normalized spacial score (nSPS) is 11.0. The van der Waals surface area contributed by atoms with Crippen molar-refractivity contribution in [3.63, 3.8) is 0 Å². The molecule has 8 heteroatoms. The Bertz CT molecular complexity index is 956. The molecule has 3 rings (SSSR count). The Hall–Kier alpha value is -3.19. The fraction of sp³-hybridized carbons (Fsp3) is 0. The highest BCUT2D eigenvalue weighted by molar-refractivity contribution is 6.30. The average molecular weight is 343 g/mol. The van der Waals surface area contributed by atoms with Gasteiger partial charge in [-0.1, -0.05) is 23.7 Å². The van der Waals surface area contributed by atoms with Crippen LogP contribution in [0, 0.1) is 0 Å². The number of carboxylic acids is 1. The summed E-state index contributed by atoms with van der Waals surface area (Å²) in [5, 5.41) is 22.6. The van der Waals surface area contributed by atoms with Crippen molar-refractivity contribution in [3.8, 4) is 11.3 Å².